The molecule has 6 heteroatoms. The topological polar surface area (TPSA) is 78.9 Å². The zero-order valence-electron chi connectivity index (χ0n) is 39.5. The van der Waals surface area contributed by atoms with Crippen molar-refractivity contribution in [2.45, 2.75) is 284 Å². The summed E-state index contributed by atoms with van der Waals surface area (Å²) in [6.07, 6.45) is 54.4. The van der Waals surface area contributed by atoms with Gasteiger partial charge in [-0.15, -0.1) is 0 Å². The number of esters is 3. The average Bonchev–Trinajstić information content (AvgIpc) is 3.23. The van der Waals surface area contributed by atoms with Crippen LogP contribution in [0.5, 0.6) is 0 Å². The van der Waals surface area contributed by atoms with Gasteiger partial charge in [-0.1, -0.05) is 212 Å². The Morgan fingerprint density at radius 2 is 0.559 bits per heavy atom. The quantitative estimate of drug-likeness (QED) is 0.0263. The molecule has 0 N–H and O–H groups in total. The van der Waals surface area contributed by atoms with Crippen LogP contribution in [-0.4, -0.2) is 37.2 Å². The molecule has 0 aliphatic carbocycles. The Kier molecular flexibility index (Phi) is 46.8. The van der Waals surface area contributed by atoms with Gasteiger partial charge in [-0.25, -0.2) is 0 Å². The third-order valence-corrected chi connectivity index (χ3v) is 11.4. The molecule has 0 amide bonds. The van der Waals surface area contributed by atoms with Crippen LogP contribution in [0.15, 0.2) is 24.3 Å². The molecule has 346 valence electrons. The second-order valence-electron chi connectivity index (χ2n) is 17.4. The highest BCUT2D eigenvalue weighted by molar-refractivity contribution is 5.71. The van der Waals surface area contributed by atoms with E-state index in [0.29, 0.717) is 19.3 Å². The fourth-order valence-corrected chi connectivity index (χ4v) is 7.49. The van der Waals surface area contributed by atoms with Crippen molar-refractivity contribution >= 4 is 17.9 Å². The van der Waals surface area contributed by atoms with Crippen molar-refractivity contribution in [3.05, 3.63) is 24.3 Å². The third kappa shape index (κ3) is 46.8. The molecule has 59 heavy (non-hydrogen) atoms. The molecule has 0 aromatic rings. The molecule has 1 atom stereocenters. The van der Waals surface area contributed by atoms with Crippen LogP contribution >= 0.6 is 0 Å². The van der Waals surface area contributed by atoms with Crippen LogP contribution in [0.4, 0.5) is 0 Å². The standard InChI is InChI=1S/C53H98O6/c1-4-7-10-13-16-19-22-25-26-27-29-31-34-37-40-43-46-52(55)58-49-50(48-57-51(54)45-42-39-36-33-30-24-21-18-15-12-9-6-3)59-53(56)47-44-41-38-35-32-28-23-20-17-14-11-8-5-2/h26-28,32,50H,4-25,29-31,33-49H2,1-3H3/b27-26-,32-28-. The minimum atomic E-state index is -0.777. The highest BCUT2D eigenvalue weighted by atomic mass is 16.6. The lowest BCUT2D eigenvalue weighted by Crippen LogP contribution is -2.30. The maximum absolute atomic E-state index is 12.8. The molecular formula is C53H98O6. The van der Waals surface area contributed by atoms with Gasteiger partial charge in [0.25, 0.3) is 0 Å². The zero-order chi connectivity index (χ0) is 43.0. The van der Waals surface area contributed by atoms with E-state index in [-0.39, 0.29) is 31.1 Å². The number of unbranched alkanes of at least 4 members (excludes halogenated alkanes) is 32. The zero-order valence-corrected chi connectivity index (χ0v) is 39.5. The summed E-state index contributed by atoms with van der Waals surface area (Å²) in [6, 6.07) is 0. The molecule has 0 rings (SSSR count). The summed E-state index contributed by atoms with van der Waals surface area (Å²) >= 11 is 0. The Bertz CT molecular complexity index is 958. The van der Waals surface area contributed by atoms with Gasteiger partial charge in [0.1, 0.15) is 13.2 Å². The molecule has 0 heterocycles. The first-order chi connectivity index (χ1) is 29.0. The third-order valence-electron chi connectivity index (χ3n) is 11.4. The van der Waals surface area contributed by atoms with Crippen LogP contribution in [0.25, 0.3) is 0 Å². The van der Waals surface area contributed by atoms with Crippen LogP contribution in [-0.2, 0) is 28.6 Å². The van der Waals surface area contributed by atoms with Gasteiger partial charge in [0.2, 0.25) is 0 Å². The molecule has 0 aromatic heterocycles. The van der Waals surface area contributed by atoms with Crippen molar-refractivity contribution < 1.29 is 28.6 Å². The summed E-state index contributed by atoms with van der Waals surface area (Å²) < 4.78 is 16.8. The number of rotatable bonds is 47. The van der Waals surface area contributed by atoms with Crippen molar-refractivity contribution in [2.24, 2.45) is 0 Å². The molecule has 0 aliphatic heterocycles. The molecule has 6 nitrogen and oxygen atoms in total. The number of hydrogen-bond donors (Lipinski definition) is 0. The predicted octanol–water partition coefficient (Wildman–Crippen LogP) is 16.8. The number of ether oxygens (including phenoxy) is 3. The van der Waals surface area contributed by atoms with Gasteiger partial charge in [0, 0.05) is 19.3 Å². The lowest BCUT2D eigenvalue weighted by molar-refractivity contribution is -0.167. The summed E-state index contributed by atoms with van der Waals surface area (Å²) in [7, 11) is 0. The van der Waals surface area contributed by atoms with E-state index in [1.54, 1.807) is 0 Å². The smallest absolute Gasteiger partial charge is 0.306 e. The van der Waals surface area contributed by atoms with Crippen molar-refractivity contribution in [2.75, 3.05) is 13.2 Å². The van der Waals surface area contributed by atoms with Crippen LogP contribution in [0, 0.1) is 0 Å². The highest BCUT2D eigenvalue weighted by Gasteiger charge is 2.19. The van der Waals surface area contributed by atoms with E-state index >= 15 is 0 Å². The van der Waals surface area contributed by atoms with Gasteiger partial charge < -0.3 is 14.2 Å². The molecule has 0 spiro atoms. The number of carbonyl (C=O) groups is 3. The Balaban J connectivity index is 4.36. The van der Waals surface area contributed by atoms with E-state index in [4.69, 9.17) is 14.2 Å². The average molecular weight is 831 g/mol. The van der Waals surface area contributed by atoms with E-state index in [1.807, 2.05) is 0 Å². The lowest BCUT2D eigenvalue weighted by atomic mass is 10.0. The molecule has 0 radical (unpaired) electrons. The summed E-state index contributed by atoms with van der Waals surface area (Å²) in [5.74, 6) is -0.890. The molecule has 0 saturated carbocycles. The summed E-state index contributed by atoms with van der Waals surface area (Å²) in [6.45, 7) is 6.63. The Hall–Kier alpha value is -2.11. The maximum Gasteiger partial charge on any atom is 0.306 e. The summed E-state index contributed by atoms with van der Waals surface area (Å²) in [5.41, 5.74) is 0. The largest absolute Gasteiger partial charge is 0.462 e. The molecule has 0 aliphatic rings. The molecular weight excluding hydrogens is 733 g/mol. The second-order valence-corrected chi connectivity index (χ2v) is 17.4. The molecule has 0 fully saturated rings. The highest BCUT2D eigenvalue weighted by Crippen LogP contribution is 2.15. The van der Waals surface area contributed by atoms with Gasteiger partial charge in [-0.05, 0) is 70.6 Å². The predicted molar refractivity (Wildman–Crippen MR) is 252 cm³/mol. The Labute approximate surface area is 366 Å². The van der Waals surface area contributed by atoms with E-state index < -0.39 is 6.10 Å². The van der Waals surface area contributed by atoms with Crippen molar-refractivity contribution in [1.29, 1.82) is 0 Å². The first kappa shape index (κ1) is 56.9. The maximum atomic E-state index is 12.8. The van der Waals surface area contributed by atoms with Gasteiger partial charge in [-0.2, -0.15) is 0 Å². The van der Waals surface area contributed by atoms with Crippen LogP contribution in [0.1, 0.15) is 278 Å². The minimum Gasteiger partial charge on any atom is -0.462 e. The SMILES string of the molecule is CCCCCCCC/C=C\CCCCCC(=O)OC(COC(=O)CCCCCCC/C=C\CCCCCCCCC)COC(=O)CCCCCCCCCCCCCC. The van der Waals surface area contributed by atoms with Crippen LogP contribution < -0.4 is 0 Å². The van der Waals surface area contributed by atoms with Gasteiger partial charge in [0.15, 0.2) is 6.10 Å². The van der Waals surface area contributed by atoms with Crippen LogP contribution in [0.3, 0.4) is 0 Å². The Morgan fingerprint density at radius 3 is 0.864 bits per heavy atom. The van der Waals surface area contributed by atoms with E-state index in [1.165, 1.54) is 161 Å². The molecule has 0 aromatic carbocycles. The van der Waals surface area contributed by atoms with Crippen molar-refractivity contribution in [3.8, 4) is 0 Å². The first-order valence-electron chi connectivity index (χ1n) is 25.8. The normalized spacial score (nSPS) is 12.1. The van der Waals surface area contributed by atoms with E-state index in [9.17, 15) is 14.4 Å². The Morgan fingerprint density at radius 1 is 0.322 bits per heavy atom. The summed E-state index contributed by atoms with van der Waals surface area (Å²) in [4.78, 5) is 37.9. The number of carbonyl (C=O) groups excluding carboxylic acids is 3. The number of hydrogen-bond acceptors (Lipinski definition) is 6. The van der Waals surface area contributed by atoms with Gasteiger partial charge >= 0.3 is 17.9 Å². The second kappa shape index (κ2) is 48.6. The fraction of sp³-hybridized carbons (Fsp3) is 0.868. The molecule has 0 bridgehead atoms. The minimum absolute atomic E-state index is 0.0764. The van der Waals surface area contributed by atoms with Gasteiger partial charge in [0.05, 0.1) is 0 Å². The lowest BCUT2D eigenvalue weighted by Gasteiger charge is -2.18. The molecule has 1 unspecified atom stereocenters. The number of allylic oxidation sites excluding steroid dienone is 4. The van der Waals surface area contributed by atoms with Crippen LogP contribution in [0.2, 0.25) is 0 Å². The molecule has 0 saturated heterocycles. The monoisotopic (exact) mass is 831 g/mol. The van der Waals surface area contributed by atoms with Gasteiger partial charge in [-0.3, -0.25) is 14.4 Å². The van der Waals surface area contributed by atoms with E-state index in [0.717, 1.165) is 77.0 Å². The fourth-order valence-electron chi connectivity index (χ4n) is 7.49. The summed E-state index contributed by atoms with van der Waals surface area (Å²) in [5, 5.41) is 0. The van der Waals surface area contributed by atoms with Crippen molar-refractivity contribution in [3.63, 3.8) is 0 Å². The first-order valence-corrected chi connectivity index (χ1v) is 25.8. The van der Waals surface area contributed by atoms with E-state index in [2.05, 4.69) is 45.1 Å². The van der Waals surface area contributed by atoms with Crippen molar-refractivity contribution in [1.82, 2.24) is 0 Å².